The number of ether oxygens (including phenoxy) is 1. The molecule has 54 valence electrons. The highest BCUT2D eigenvalue weighted by atomic mass is 35.5. The van der Waals surface area contributed by atoms with Crippen LogP contribution < -0.4 is 5.32 Å². The summed E-state index contributed by atoms with van der Waals surface area (Å²) in [6.45, 7) is 3.15. The molecule has 2 aliphatic rings. The molecule has 2 atom stereocenters. The molecule has 2 nitrogen and oxygen atoms in total. The van der Waals surface area contributed by atoms with E-state index in [1.54, 1.807) is 0 Å². The molecule has 1 N–H and O–H groups in total. The molecular weight excluding hydrogens is 138 g/mol. The lowest BCUT2D eigenvalue weighted by Gasteiger charge is -2.41. The van der Waals surface area contributed by atoms with Gasteiger partial charge in [0.25, 0.3) is 0 Å². The molecule has 2 rings (SSSR count). The van der Waals surface area contributed by atoms with E-state index >= 15 is 0 Å². The zero-order valence-electron chi connectivity index (χ0n) is 5.30. The molecule has 2 saturated heterocycles. The van der Waals surface area contributed by atoms with Crippen molar-refractivity contribution in [3.05, 3.63) is 0 Å². The highest BCUT2D eigenvalue weighted by Crippen LogP contribution is 2.20. The number of halogens is 1. The van der Waals surface area contributed by atoms with Crippen LogP contribution in [0.1, 0.15) is 6.42 Å². The first-order valence-electron chi connectivity index (χ1n) is 3.28. The molecule has 0 aromatic carbocycles. The molecule has 0 radical (unpaired) electrons. The van der Waals surface area contributed by atoms with E-state index in [0.29, 0.717) is 0 Å². The first kappa shape index (κ1) is 7.32. The van der Waals surface area contributed by atoms with Gasteiger partial charge in [0, 0.05) is 25.1 Å². The average Bonchev–Trinajstić information content (AvgIpc) is 1.72. The quantitative estimate of drug-likeness (QED) is 0.539. The summed E-state index contributed by atoms with van der Waals surface area (Å²) in [5, 5.41) is 3.37. The summed E-state index contributed by atoms with van der Waals surface area (Å²) < 4.78 is 5.26. The van der Waals surface area contributed by atoms with Gasteiger partial charge in [-0.05, 0) is 6.42 Å². The molecule has 2 aliphatic heterocycles. The maximum atomic E-state index is 5.26. The summed E-state index contributed by atoms with van der Waals surface area (Å²) >= 11 is 0. The smallest absolute Gasteiger partial charge is 0.0521 e. The van der Waals surface area contributed by atoms with Gasteiger partial charge in [0.15, 0.2) is 0 Å². The molecule has 9 heavy (non-hydrogen) atoms. The third-order valence-corrected chi connectivity index (χ3v) is 2.12. The van der Waals surface area contributed by atoms with Crippen LogP contribution in [0.4, 0.5) is 0 Å². The van der Waals surface area contributed by atoms with Gasteiger partial charge in [-0.3, -0.25) is 0 Å². The van der Waals surface area contributed by atoms with Gasteiger partial charge in [-0.25, -0.2) is 0 Å². The number of fused-ring (bicyclic) bond motifs is 1. The fourth-order valence-electron chi connectivity index (χ4n) is 1.41. The zero-order chi connectivity index (χ0) is 5.40. The molecule has 3 heteroatoms. The Morgan fingerprint density at radius 3 is 2.67 bits per heavy atom. The number of rotatable bonds is 0. The van der Waals surface area contributed by atoms with E-state index in [-0.39, 0.29) is 12.4 Å². The van der Waals surface area contributed by atoms with Crippen LogP contribution in [-0.2, 0) is 4.74 Å². The van der Waals surface area contributed by atoms with Crippen molar-refractivity contribution in [3.8, 4) is 0 Å². The summed E-state index contributed by atoms with van der Waals surface area (Å²) in [4.78, 5) is 0. The van der Waals surface area contributed by atoms with Crippen molar-refractivity contribution in [2.45, 2.75) is 12.5 Å². The topological polar surface area (TPSA) is 21.3 Å². The Labute approximate surface area is 61.4 Å². The van der Waals surface area contributed by atoms with Crippen LogP contribution in [0.3, 0.4) is 0 Å². The molecule has 0 saturated carbocycles. The minimum absolute atomic E-state index is 0. The zero-order valence-corrected chi connectivity index (χ0v) is 6.12. The highest BCUT2D eigenvalue weighted by molar-refractivity contribution is 5.85. The van der Waals surface area contributed by atoms with E-state index in [1.807, 2.05) is 0 Å². The molecule has 2 heterocycles. The second-order valence-electron chi connectivity index (χ2n) is 2.64. The third kappa shape index (κ3) is 1.20. The van der Waals surface area contributed by atoms with Gasteiger partial charge in [0.05, 0.1) is 6.61 Å². The fraction of sp³-hybridized carbons (Fsp3) is 1.00. The largest absolute Gasteiger partial charge is 0.381 e. The standard InChI is InChI=1S/C6H11NO.ClH/c1-2-8-4-5-3-7-6(1)5;/h5-7H,1-4H2;1H/t5-,6+;/m0./s1. The molecule has 0 unspecified atom stereocenters. The van der Waals surface area contributed by atoms with Crippen LogP contribution in [0.5, 0.6) is 0 Å². The lowest BCUT2D eigenvalue weighted by atomic mass is 9.89. The fourth-order valence-corrected chi connectivity index (χ4v) is 1.41. The maximum absolute atomic E-state index is 5.26. The van der Waals surface area contributed by atoms with Gasteiger partial charge in [-0.2, -0.15) is 0 Å². The Bertz CT molecular complexity index is 87.1. The van der Waals surface area contributed by atoms with Gasteiger partial charge in [0.1, 0.15) is 0 Å². The summed E-state index contributed by atoms with van der Waals surface area (Å²) in [6.07, 6.45) is 1.23. The monoisotopic (exact) mass is 149 g/mol. The van der Waals surface area contributed by atoms with Crippen molar-refractivity contribution in [3.63, 3.8) is 0 Å². The van der Waals surface area contributed by atoms with Crippen molar-refractivity contribution in [2.24, 2.45) is 5.92 Å². The Balaban J connectivity index is 0.000000405. The van der Waals surface area contributed by atoms with Crippen LogP contribution in [0.25, 0.3) is 0 Å². The molecule has 0 bridgehead atoms. The molecule has 0 spiro atoms. The Morgan fingerprint density at radius 1 is 1.44 bits per heavy atom. The minimum Gasteiger partial charge on any atom is -0.381 e. The van der Waals surface area contributed by atoms with Gasteiger partial charge >= 0.3 is 0 Å². The molecule has 0 amide bonds. The minimum atomic E-state index is 0. The number of nitrogens with one attached hydrogen (secondary N) is 1. The third-order valence-electron chi connectivity index (χ3n) is 2.12. The van der Waals surface area contributed by atoms with Crippen molar-refractivity contribution in [1.82, 2.24) is 5.32 Å². The van der Waals surface area contributed by atoms with E-state index in [1.165, 1.54) is 13.0 Å². The van der Waals surface area contributed by atoms with Crippen LogP contribution in [0.2, 0.25) is 0 Å². The van der Waals surface area contributed by atoms with Gasteiger partial charge in [0.2, 0.25) is 0 Å². The van der Waals surface area contributed by atoms with E-state index < -0.39 is 0 Å². The second-order valence-corrected chi connectivity index (χ2v) is 2.64. The predicted octanol–water partition coefficient (Wildman–Crippen LogP) is 0.416. The van der Waals surface area contributed by atoms with Crippen LogP contribution in [-0.4, -0.2) is 25.8 Å². The normalized spacial score (nSPS) is 40.0. The number of hydrogen-bond acceptors (Lipinski definition) is 2. The van der Waals surface area contributed by atoms with Gasteiger partial charge < -0.3 is 10.1 Å². The van der Waals surface area contributed by atoms with Crippen molar-refractivity contribution >= 4 is 12.4 Å². The van der Waals surface area contributed by atoms with E-state index in [9.17, 15) is 0 Å². The number of hydrogen-bond donors (Lipinski definition) is 1. The summed E-state index contributed by atoms with van der Waals surface area (Å²) in [7, 11) is 0. The lowest BCUT2D eigenvalue weighted by molar-refractivity contribution is -0.00410. The van der Waals surface area contributed by atoms with E-state index in [0.717, 1.165) is 25.2 Å². The molecule has 0 aromatic heterocycles. The first-order chi connectivity index (χ1) is 3.97. The molecule has 0 aliphatic carbocycles. The maximum Gasteiger partial charge on any atom is 0.0521 e. The Kier molecular flexibility index (Phi) is 2.33. The SMILES string of the molecule is C1C[C@H]2NC[C@H]2CO1.Cl. The summed E-state index contributed by atoms with van der Waals surface area (Å²) in [5.74, 6) is 0.851. The molecule has 0 aromatic rings. The molecule has 2 fully saturated rings. The van der Waals surface area contributed by atoms with Crippen molar-refractivity contribution in [2.75, 3.05) is 19.8 Å². The van der Waals surface area contributed by atoms with Crippen molar-refractivity contribution < 1.29 is 4.74 Å². The van der Waals surface area contributed by atoms with Crippen LogP contribution >= 0.6 is 12.4 Å². The van der Waals surface area contributed by atoms with E-state index in [4.69, 9.17) is 4.74 Å². The van der Waals surface area contributed by atoms with Gasteiger partial charge in [-0.15, -0.1) is 12.4 Å². The van der Waals surface area contributed by atoms with E-state index in [2.05, 4.69) is 5.32 Å². The van der Waals surface area contributed by atoms with Crippen LogP contribution in [0.15, 0.2) is 0 Å². The Hall–Kier alpha value is 0.210. The average molecular weight is 150 g/mol. The predicted molar refractivity (Wildman–Crippen MR) is 38.0 cm³/mol. The van der Waals surface area contributed by atoms with Crippen molar-refractivity contribution in [1.29, 1.82) is 0 Å². The molecular formula is C6H12ClNO. The van der Waals surface area contributed by atoms with Gasteiger partial charge in [-0.1, -0.05) is 0 Å². The summed E-state index contributed by atoms with van der Waals surface area (Å²) in [5.41, 5.74) is 0. The van der Waals surface area contributed by atoms with Crippen LogP contribution in [0, 0.1) is 5.92 Å². The second kappa shape index (κ2) is 2.86. The first-order valence-corrected chi connectivity index (χ1v) is 3.28. The lowest BCUT2D eigenvalue weighted by Crippen LogP contribution is -2.57. The summed E-state index contributed by atoms with van der Waals surface area (Å²) in [6, 6.07) is 0.809. The Morgan fingerprint density at radius 2 is 2.33 bits per heavy atom. The highest BCUT2D eigenvalue weighted by Gasteiger charge is 2.32.